The summed E-state index contributed by atoms with van der Waals surface area (Å²) in [6, 6.07) is 0. The quantitative estimate of drug-likeness (QED) is 0.478. The molecule has 0 N–H and O–H groups in total. The highest BCUT2D eigenvalue weighted by Gasteiger charge is 2.43. The Bertz CT molecular complexity index is 385. The van der Waals surface area contributed by atoms with E-state index in [1.54, 1.807) is 0 Å². The maximum absolute atomic E-state index is 5.24. The Balaban J connectivity index is 0.00000108. The molecular weight excluding hydrogens is 329 g/mol. The first kappa shape index (κ1) is 13.3. The smallest absolute Gasteiger partial charge is 0.227 e. The molecule has 0 aliphatic carbocycles. The largest absolute Gasteiger partial charge is 1.00 e. The van der Waals surface area contributed by atoms with E-state index in [0.717, 1.165) is 30.0 Å². The molecule has 3 fully saturated rings. The Morgan fingerprint density at radius 1 is 1.35 bits per heavy atom. The lowest BCUT2D eigenvalue weighted by molar-refractivity contribution is -0.929. The summed E-state index contributed by atoms with van der Waals surface area (Å²) in [5.41, 5.74) is 0. The van der Waals surface area contributed by atoms with Crippen molar-refractivity contribution in [3.05, 3.63) is 11.7 Å². The van der Waals surface area contributed by atoms with Crippen molar-refractivity contribution in [1.29, 1.82) is 0 Å². The molecule has 0 saturated carbocycles. The third-order valence-electron chi connectivity index (χ3n) is 4.43. The number of nitrogens with zero attached hydrogens (tertiary/aromatic N) is 3. The van der Waals surface area contributed by atoms with Crippen molar-refractivity contribution in [1.82, 2.24) is 10.1 Å². The van der Waals surface area contributed by atoms with Crippen LogP contribution in [0.1, 0.15) is 24.6 Å². The van der Waals surface area contributed by atoms with Crippen LogP contribution in [-0.4, -0.2) is 41.3 Å². The zero-order valence-electron chi connectivity index (χ0n) is 10.5. The molecule has 2 bridgehead atoms. The van der Waals surface area contributed by atoms with Crippen LogP contribution < -0.4 is 24.0 Å². The molecule has 3 saturated heterocycles. The fourth-order valence-electron chi connectivity index (χ4n) is 3.46. The molecule has 1 aromatic rings. The maximum atomic E-state index is 5.24. The van der Waals surface area contributed by atoms with Gasteiger partial charge in [0.25, 0.3) is 0 Å². The van der Waals surface area contributed by atoms with Gasteiger partial charge in [0.15, 0.2) is 5.82 Å². The molecule has 3 aliphatic heterocycles. The molecule has 1 unspecified atom stereocenters. The lowest BCUT2D eigenvalue weighted by Gasteiger charge is -2.50. The molecule has 0 radical (unpaired) electrons. The number of aryl methyl sites for hydroxylation is 1. The summed E-state index contributed by atoms with van der Waals surface area (Å²) in [5, 5.41) is 3.87. The van der Waals surface area contributed by atoms with E-state index in [0.29, 0.717) is 0 Å². The van der Waals surface area contributed by atoms with Crippen LogP contribution in [0.25, 0.3) is 0 Å². The number of piperidine rings is 3. The van der Waals surface area contributed by atoms with Crippen LogP contribution in [0.3, 0.4) is 0 Å². The number of aromatic nitrogens is 2. The first-order chi connectivity index (χ1) is 7.65. The van der Waals surface area contributed by atoms with Crippen molar-refractivity contribution in [3.8, 4) is 0 Å². The minimum absolute atomic E-state index is 0. The van der Waals surface area contributed by atoms with Gasteiger partial charge in [-0.3, -0.25) is 0 Å². The van der Waals surface area contributed by atoms with E-state index in [9.17, 15) is 0 Å². The summed E-state index contributed by atoms with van der Waals surface area (Å²) < 4.78 is 6.50. The van der Waals surface area contributed by atoms with Gasteiger partial charge in [0, 0.05) is 25.2 Å². The van der Waals surface area contributed by atoms with Crippen molar-refractivity contribution < 1.29 is 33.0 Å². The van der Waals surface area contributed by atoms with Crippen LogP contribution in [0, 0.1) is 18.8 Å². The standard InChI is InChI=1S/C12H20N3O.HI/c1-9-13-12(16-14-9)7-11-8-15(2)5-3-10(11)4-6-15;/h10-11H,3-8H2,1-2H3;1H/q+1;/p-1. The molecule has 0 aromatic carbocycles. The summed E-state index contributed by atoms with van der Waals surface area (Å²) in [5.74, 6) is 3.25. The summed E-state index contributed by atoms with van der Waals surface area (Å²) >= 11 is 0. The van der Waals surface area contributed by atoms with Gasteiger partial charge >= 0.3 is 0 Å². The van der Waals surface area contributed by atoms with E-state index in [-0.39, 0.29) is 24.0 Å². The molecule has 0 amide bonds. The van der Waals surface area contributed by atoms with Crippen molar-refractivity contribution in [2.75, 3.05) is 26.7 Å². The molecule has 17 heavy (non-hydrogen) atoms. The van der Waals surface area contributed by atoms with Crippen LogP contribution in [0.15, 0.2) is 4.52 Å². The Hall–Kier alpha value is -0.170. The van der Waals surface area contributed by atoms with Crippen LogP contribution in [0.5, 0.6) is 0 Å². The highest BCUT2D eigenvalue weighted by molar-refractivity contribution is 4.89. The van der Waals surface area contributed by atoms with Crippen LogP contribution in [0.4, 0.5) is 0 Å². The number of fused-ring (bicyclic) bond motifs is 3. The molecule has 3 aliphatic rings. The predicted octanol–water partition coefficient (Wildman–Crippen LogP) is -1.59. The van der Waals surface area contributed by atoms with Crippen LogP contribution in [0.2, 0.25) is 0 Å². The average molecular weight is 349 g/mol. The van der Waals surface area contributed by atoms with E-state index in [2.05, 4.69) is 17.2 Å². The van der Waals surface area contributed by atoms with Crippen molar-refractivity contribution in [2.24, 2.45) is 11.8 Å². The van der Waals surface area contributed by atoms with Crippen molar-refractivity contribution in [2.45, 2.75) is 26.2 Å². The van der Waals surface area contributed by atoms with Gasteiger partial charge in [0.05, 0.1) is 26.7 Å². The second-order valence-corrected chi connectivity index (χ2v) is 5.79. The van der Waals surface area contributed by atoms with Gasteiger partial charge in [-0.1, -0.05) is 5.16 Å². The summed E-state index contributed by atoms with van der Waals surface area (Å²) in [4.78, 5) is 4.33. The lowest BCUT2D eigenvalue weighted by Crippen LogP contribution is -3.00. The highest BCUT2D eigenvalue weighted by Crippen LogP contribution is 2.37. The fourth-order valence-corrected chi connectivity index (χ4v) is 3.46. The van der Waals surface area contributed by atoms with Gasteiger partial charge in [-0.25, -0.2) is 0 Å². The lowest BCUT2D eigenvalue weighted by atomic mass is 9.76. The molecule has 4 heterocycles. The molecule has 1 aromatic heterocycles. The molecule has 4 nitrogen and oxygen atoms in total. The summed E-state index contributed by atoms with van der Waals surface area (Å²) in [6.45, 7) is 5.91. The van der Waals surface area contributed by atoms with Gasteiger partial charge in [0.2, 0.25) is 5.89 Å². The summed E-state index contributed by atoms with van der Waals surface area (Å²) in [7, 11) is 2.39. The first-order valence-electron chi connectivity index (χ1n) is 6.27. The monoisotopic (exact) mass is 349 g/mol. The van der Waals surface area contributed by atoms with E-state index < -0.39 is 0 Å². The molecule has 4 rings (SSSR count). The Kier molecular flexibility index (Phi) is 3.77. The zero-order chi connectivity index (χ0) is 11.2. The predicted molar refractivity (Wildman–Crippen MR) is 59.7 cm³/mol. The van der Waals surface area contributed by atoms with Gasteiger partial charge < -0.3 is 33.0 Å². The normalized spacial score (nSPS) is 35.6. The summed E-state index contributed by atoms with van der Waals surface area (Å²) in [6.07, 6.45) is 3.75. The van der Waals surface area contributed by atoms with E-state index in [1.807, 2.05) is 6.92 Å². The molecule has 0 spiro atoms. The third kappa shape index (κ3) is 2.65. The fraction of sp³-hybridized carbons (Fsp3) is 0.833. The number of rotatable bonds is 2. The topological polar surface area (TPSA) is 38.9 Å². The first-order valence-corrected chi connectivity index (χ1v) is 6.27. The van der Waals surface area contributed by atoms with E-state index in [4.69, 9.17) is 4.52 Å². The second-order valence-electron chi connectivity index (χ2n) is 5.79. The molecule has 96 valence electrons. The van der Waals surface area contributed by atoms with Gasteiger partial charge in [0.1, 0.15) is 0 Å². The Morgan fingerprint density at radius 3 is 2.59 bits per heavy atom. The van der Waals surface area contributed by atoms with Crippen molar-refractivity contribution >= 4 is 0 Å². The van der Waals surface area contributed by atoms with E-state index >= 15 is 0 Å². The van der Waals surface area contributed by atoms with Crippen LogP contribution in [-0.2, 0) is 6.42 Å². The van der Waals surface area contributed by atoms with Crippen LogP contribution >= 0.6 is 0 Å². The molecular formula is C12H20IN3O. The highest BCUT2D eigenvalue weighted by atomic mass is 127. The number of halogens is 1. The number of hydrogen-bond donors (Lipinski definition) is 0. The van der Waals surface area contributed by atoms with Gasteiger partial charge in [-0.05, 0) is 12.8 Å². The average Bonchev–Trinajstić information content (AvgIpc) is 2.64. The minimum atomic E-state index is 0. The maximum Gasteiger partial charge on any atom is 0.227 e. The minimum Gasteiger partial charge on any atom is -1.00 e. The molecule has 1 atom stereocenters. The SMILES string of the molecule is Cc1noc(CC2C[N+]3(C)CCC2CC3)n1.[I-]. The van der Waals surface area contributed by atoms with Gasteiger partial charge in [-0.15, -0.1) is 0 Å². The van der Waals surface area contributed by atoms with Crippen molar-refractivity contribution in [3.63, 3.8) is 0 Å². The van der Waals surface area contributed by atoms with E-state index in [1.165, 1.54) is 37.0 Å². The zero-order valence-corrected chi connectivity index (χ0v) is 12.7. The Morgan fingerprint density at radius 2 is 2.06 bits per heavy atom. The molecule has 5 heteroatoms. The number of quaternary nitrogens is 1. The number of hydrogen-bond acceptors (Lipinski definition) is 3. The van der Waals surface area contributed by atoms with Gasteiger partial charge in [-0.2, -0.15) is 4.98 Å². The second kappa shape index (κ2) is 4.84. The third-order valence-corrected chi connectivity index (χ3v) is 4.43. The Labute approximate surface area is 119 Å².